The molecule has 1 rings (SSSR count). The van der Waals surface area contributed by atoms with Crippen molar-refractivity contribution in [3.63, 3.8) is 0 Å². The second-order valence-corrected chi connectivity index (χ2v) is 4.58. The molecule has 0 aromatic heterocycles. The van der Waals surface area contributed by atoms with Crippen LogP contribution >= 0.6 is 0 Å². The highest BCUT2D eigenvalue weighted by atomic mass is 14.9. The van der Waals surface area contributed by atoms with Crippen LogP contribution in [0.3, 0.4) is 0 Å². The Labute approximate surface area is 82.5 Å². The predicted octanol–water partition coefficient (Wildman–Crippen LogP) is 1.62. The van der Waals surface area contributed by atoms with Crippen molar-refractivity contribution in [3.8, 4) is 0 Å². The van der Waals surface area contributed by atoms with E-state index in [4.69, 9.17) is 0 Å². The third-order valence-electron chi connectivity index (χ3n) is 2.46. The van der Waals surface area contributed by atoms with E-state index < -0.39 is 0 Å². The zero-order chi connectivity index (χ0) is 9.52. The van der Waals surface area contributed by atoms with E-state index in [-0.39, 0.29) is 0 Å². The van der Waals surface area contributed by atoms with Gasteiger partial charge in [-0.1, -0.05) is 26.7 Å². The van der Waals surface area contributed by atoms with Crippen LogP contribution in [0.25, 0.3) is 0 Å². The second kappa shape index (κ2) is 6.39. The number of nitrogens with one attached hydrogen (secondary N) is 2. The maximum absolute atomic E-state index is 3.47. The van der Waals surface area contributed by atoms with Gasteiger partial charge >= 0.3 is 0 Å². The molecule has 1 aliphatic carbocycles. The van der Waals surface area contributed by atoms with Crippen molar-refractivity contribution < 1.29 is 0 Å². The Bertz CT molecular complexity index is 113. The minimum atomic E-state index is 0.770. The van der Waals surface area contributed by atoms with E-state index in [0.717, 1.165) is 31.5 Å². The quantitative estimate of drug-likeness (QED) is 0.560. The lowest BCUT2D eigenvalue weighted by atomic mass is 10.2. The van der Waals surface area contributed by atoms with Gasteiger partial charge in [0.05, 0.1) is 0 Å². The molecule has 0 heterocycles. The van der Waals surface area contributed by atoms with E-state index in [0.29, 0.717) is 0 Å². The van der Waals surface area contributed by atoms with Crippen molar-refractivity contribution >= 4 is 0 Å². The molecule has 1 fully saturated rings. The third kappa shape index (κ3) is 7.03. The number of hydrogen-bond acceptors (Lipinski definition) is 2. The minimum absolute atomic E-state index is 0.770. The van der Waals surface area contributed by atoms with E-state index >= 15 is 0 Å². The maximum atomic E-state index is 3.47. The van der Waals surface area contributed by atoms with Gasteiger partial charge in [0.2, 0.25) is 0 Å². The Morgan fingerprint density at radius 2 is 1.77 bits per heavy atom. The topological polar surface area (TPSA) is 24.1 Å². The van der Waals surface area contributed by atoms with E-state index in [1.165, 1.54) is 25.8 Å². The largest absolute Gasteiger partial charge is 0.315 e. The second-order valence-electron chi connectivity index (χ2n) is 4.58. The average molecular weight is 184 g/mol. The van der Waals surface area contributed by atoms with Crippen LogP contribution in [0.2, 0.25) is 0 Å². The first kappa shape index (κ1) is 11.0. The molecule has 2 nitrogen and oxygen atoms in total. The molecule has 0 aromatic rings. The van der Waals surface area contributed by atoms with Crippen molar-refractivity contribution in [2.75, 3.05) is 26.2 Å². The van der Waals surface area contributed by atoms with Gasteiger partial charge in [0.25, 0.3) is 0 Å². The molecular formula is C11H24N2. The van der Waals surface area contributed by atoms with Crippen molar-refractivity contribution in [3.05, 3.63) is 0 Å². The van der Waals surface area contributed by atoms with Gasteiger partial charge in [0.1, 0.15) is 0 Å². The first-order chi connectivity index (χ1) is 6.29. The van der Waals surface area contributed by atoms with E-state index in [2.05, 4.69) is 24.5 Å². The summed E-state index contributed by atoms with van der Waals surface area (Å²) in [6, 6.07) is 0. The Morgan fingerprint density at radius 1 is 1.08 bits per heavy atom. The van der Waals surface area contributed by atoms with Crippen LogP contribution in [0.1, 0.15) is 33.1 Å². The van der Waals surface area contributed by atoms with Crippen molar-refractivity contribution in [1.29, 1.82) is 0 Å². The molecule has 0 radical (unpaired) electrons. The van der Waals surface area contributed by atoms with Crippen LogP contribution in [0.5, 0.6) is 0 Å². The average Bonchev–Trinajstić information content (AvgIpc) is 2.86. The Morgan fingerprint density at radius 3 is 2.38 bits per heavy atom. The van der Waals surface area contributed by atoms with Gasteiger partial charge in [-0.05, 0) is 31.3 Å². The maximum Gasteiger partial charge on any atom is 0.00768 e. The smallest absolute Gasteiger partial charge is 0.00768 e. The van der Waals surface area contributed by atoms with Crippen LogP contribution in [0.15, 0.2) is 0 Å². The number of rotatable bonds is 8. The summed E-state index contributed by atoms with van der Waals surface area (Å²) >= 11 is 0. The highest BCUT2D eigenvalue weighted by molar-refractivity contribution is 4.73. The standard InChI is InChI=1S/C11H24N2/c1-10(2)9-13-8-7-12-6-5-11-3-4-11/h10-13H,3-9H2,1-2H3. The van der Waals surface area contributed by atoms with E-state index in [1.807, 2.05) is 0 Å². The van der Waals surface area contributed by atoms with Crippen molar-refractivity contribution in [2.45, 2.75) is 33.1 Å². The summed E-state index contributed by atoms with van der Waals surface area (Å²) in [7, 11) is 0. The monoisotopic (exact) mass is 184 g/mol. The molecule has 13 heavy (non-hydrogen) atoms. The molecule has 2 heteroatoms. The van der Waals surface area contributed by atoms with Gasteiger partial charge in [-0.3, -0.25) is 0 Å². The van der Waals surface area contributed by atoms with Gasteiger partial charge in [0.15, 0.2) is 0 Å². The lowest BCUT2D eigenvalue weighted by Gasteiger charge is -2.07. The molecule has 0 saturated heterocycles. The number of hydrogen-bond donors (Lipinski definition) is 2. The summed E-state index contributed by atoms with van der Waals surface area (Å²) in [5.74, 6) is 1.84. The summed E-state index contributed by atoms with van der Waals surface area (Å²) < 4.78 is 0. The predicted molar refractivity (Wildman–Crippen MR) is 57.9 cm³/mol. The normalized spacial score (nSPS) is 16.8. The summed E-state index contributed by atoms with van der Waals surface area (Å²) in [6.07, 6.45) is 4.35. The van der Waals surface area contributed by atoms with Gasteiger partial charge in [-0.2, -0.15) is 0 Å². The zero-order valence-electron chi connectivity index (χ0n) is 9.10. The highest BCUT2D eigenvalue weighted by Crippen LogP contribution is 2.31. The molecule has 1 saturated carbocycles. The Hall–Kier alpha value is -0.0800. The molecule has 0 amide bonds. The SMILES string of the molecule is CC(C)CNCCNCCC1CC1. The molecule has 2 N–H and O–H groups in total. The molecular weight excluding hydrogens is 160 g/mol. The molecule has 0 bridgehead atoms. The van der Waals surface area contributed by atoms with Crippen LogP contribution in [0.4, 0.5) is 0 Å². The molecule has 0 unspecified atom stereocenters. The molecule has 0 atom stereocenters. The fourth-order valence-electron chi connectivity index (χ4n) is 1.41. The molecule has 0 spiro atoms. The molecule has 0 aliphatic heterocycles. The summed E-state index contributed by atoms with van der Waals surface area (Å²) in [5, 5.41) is 6.89. The minimum Gasteiger partial charge on any atom is -0.315 e. The summed E-state index contributed by atoms with van der Waals surface area (Å²) in [5.41, 5.74) is 0. The van der Waals surface area contributed by atoms with E-state index in [1.54, 1.807) is 0 Å². The lowest BCUT2D eigenvalue weighted by molar-refractivity contribution is 0.528. The first-order valence-corrected chi connectivity index (χ1v) is 5.70. The van der Waals surface area contributed by atoms with Gasteiger partial charge in [-0.15, -0.1) is 0 Å². The Kier molecular flexibility index (Phi) is 5.40. The van der Waals surface area contributed by atoms with Crippen LogP contribution < -0.4 is 10.6 Å². The first-order valence-electron chi connectivity index (χ1n) is 5.70. The van der Waals surface area contributed by atoms with Crippen LogP contribution in [-0.2, 0) is 0 Å². The lowest BCUT2D eigenvalue weighted by Crippen LogP contribution is -2.30. The fourth-order valence-corrected chi connectivity index (χ4v) is 1.41. The van der Waals surface area contributed by atoms with Gasteiger partial charge in [0, 0.05) is 13.1 Å². The van der Waals surface area contributed by atoms with Crippen molar-refractivity contribution in [2.24, 2.45) is 11.8 Å². The fraction of sp³-hybridized carbons (Fsp3) is 1.00. The van der Waals surface area contributed by atoms with E-state index in [9.17, 15) is 0 Å². The molecule has 0 aromatic carbocycles. The Balaban J connectivity index is 1.68. The van der Waals surface area contributed by atoms with Gasteiger partial charge < -0.3 is 10.6 Å². The zero-order valence-corrected chi connectivity index (χ0v) is 9.10. The van der Waals surface area contributed by atoms with Crippen LogP contribution in [-0.4, -0.2) is 26.2 Å². The molecule has 78 valence electrons. The third-order valence-corrected chi connectivity index (χ3v) is 2.46. The van der Waals surface area contributed by atoms with Crippen molar-refractivity contribution in [1.82, 2.24) is 10.6 Å². The molecule has 1 aliphatic rings. The van der Waals surface area contributed by atoms with Gasteiger partial charge in [-0.25, -0.2) is 0 Å². The summed E-state index contributed by atoms with van der Waals surface area (Å²) in [4.78, 5) is 0. The highest BCUT2D eigenvalue weighted by Gasteiger charge is 2.19. The summed E-state index contributed by atoms with van der Waals surface area (Å²) in [6.45, 7) is 9.08. The van der Waals surface area contributed by atoms with Crippen LogP contribution in [0, 0.1) is 11.8 Å².